The van der Waals surface area contributed by atoms with Crippen molar-refractivity contribution in [3.05, 3.63) is 35.4 Å². The average Bonchev–Trinajstić information content (AvgIpc) is 2.45. The molecule has 0 aromatic heterocycles. The summed E-state index contributed by atoms with van der Waals surface area (Å²) in [5, 5.41) is 3.35. The summed E-state index contributed by atoms with van der Waals surface area (Å²) >= 11 is 0. The molecule has 0 amide bonds. The van der Waals surface area contributed by atoms with Crippen LogP contribution < -0.4 is 5.32 Å². The van der Waals surface area contributed by atoms with E-state index < -0.39 is 11.7 Å². The first kappa shape index (κ1) is 15.0. The number of ketones is 1. The van der Waals surface area contributed by atoms with Crippen LogP contribution in [-0.4, -0.2) is 18.4 Å². The molecule has 2 nitrogen and oxygen atoms in total. The molecule has 110 valence electrons. The smallest absolute Gasteiger partial charge is 0.314 e. The molecule has 1 aromatic carbocycles. The van der Waals surface area contributed by atoms with Crippen molar-refractivity contribution in [1.82, 2.24) is 5.32 Å². The van der Waals surface area contributed by atoms with Crippen LogP contribution in [-0.2, 0) is 6.18 Å². The fourth-order valence-electron chi connectivity index (χ4n) is 2.47. The molecule has 1 fully saturated rings. The Kier molecular flexibility index (Phi) is 4.81. The third-order valence-electron chi connectivity index (χ3n) is 3.67. The van der Waals surface area contributed by atoms with E-state index in [0.717, 1.165) is 31.5 Å². The Hall–Kier alpha value is -1.36. The maximum Gasteiger partial charge on any atom is 0.416 e. The highest BCUT2D eigenvalue weighted by Gasteiger charge is 2.30. The van der Waals surface area contributed by atoms with E-state index in [1.165, 1.54) is 25.0 Å². The van der Waals surface area contributed by atoms with Gasteiger partial charge in [-0.15, -0.1) is 0 Å². The number of Topliss-reactive ketones (excluding diaryl/α,β-unsaturated/α-hetero) is 1. The van der Waals surface area contributed by atoms with Gasteiger partial charge in [0, 0.05) is 18.0 Å². The zero-order chi connectivity index (χ0) is 14.6. The first-order chi connectivity index (χ1) is 9.47. The number of carbonyl (C=O) groups excluding carboxylic acids is 1. The Morgan fingerprint density at radius 3 is 2.45 bits per heavy atom. The zero-order valence-corrected chi connectivity index (χ0v) is 11.2. The minimum atomic E-state index is -4.35. The second-order valence-electron chi connectivity index (χ2n) is 5.18. The summed E-state index contributed by atoms with van der Waals surface area (Å²) in [5.74, 6) is -0.0916. The maximum absolute atomic E-state index is 12.4. The van der Waals surface area contributed by atoms with Crippen LogP contribution in [0.4, 0.5) is 13.2 Å². The number of benzene rings is 1. The van der Waals surface area contributed by atoms with Crippen LogP contribution in [0.3, 0.4) is 0 Å². The van der Waals surface area contributed by atoms with Crippen LogP contribution in [0.1, 0.15) is 48.0 Å². The molecule has 0 spiro atoms. The van der Waals surface area contributed by atoms with Crippen molar-refractivity contribution in [3.8, 4) is 0 Å². The standard InChI is InChI=1S/C15H18F3NO/c16-15(17,18)12-6-4-11(5-7-12)14(20)9-8-13-3-1-2-10-19-13/h4-7,13,19H,1-3,8-10H2. The number of rotatable bonds is 4. The first-order valence-electron chi connectivity index (χ1n) is 6.90. The van der Waals surface area contributed by atoms with Crippen molar-refractivity contribution in [3.63, 3.8) is 0 Å². The molecule has 1 aliphatic heterocycles. The van der Waals surface area contributed by atoms with Crippen molar-refractivity contribution in [2.24, 2.45) is 0 Å². The molecule has 0 saturated carbocycles. The van der Waals surface area contributed by atoms with Gasteiger partial charge in [-0.25, -0.2) is 0 Å². The van der Waals surface area contributed by atoms with Crippen molar-refractivity contribution < 1.29 is 18.0 Å². The van der Waals surface area contributed by atoms with E-state index in [1.54, 1.807) is 0 Å². The summed E-state index contributed by atoms with van der Waals surface area (Å²) in [4.78, 5) is 11.9. The van der Waals surface area contributed by atoms with E-state index in [2.05, 4.69) is 5.32 Å². The number of alkyl halides is 3. The molecule has 2 rings (SSSR count). The van der Waals surface area contributed by atoms with Crippen LogP contribution in [0.5, 0.6) is 0 Å². The first-order valence-corrected chi connectivity index (χ1v) is 6.90. The zero-order valence-electron chi connectivity index (χ0n) is 11.2. The predicted molar refractivity (Wildman–Crippen MR) is 70.7 cm³/mol. The van der Waals surface area contributed by atoms with Gasteiger partial charge in [0.2, 0.25) is 0 Å². The lowest BCUT2D eigenvalue weighted by Gasteiger charge is -2.23. The van der Waals surface area contributed by atoms with Gasteiger partial charge < -0.3 is 5.32 Å². The van der Waals surface area contributed by atoms with Gasteiger partial charge in [0.25, 0.3) is 0 Å². The molecular formula is C15H18F3NO. The van der Waals surface area contributed by atoms with Gasteiger partial charge in [-0.2, -0.15) is 13.2 Å². The van der Waals surface area contributed by atoms with E-state index in [4.69, 9.17) is 0 Å². The quantitative estimate of drug-likeness (QED) is 0.852. The van der Waals surface area contributed by atoms with Crippen LogP contribution >= 0.6 is 0 Å². The van der Waals surface area contributed by atoms with Gasteiger partial charge in [0.1, 0.15) is 0 Å². The van der Waals surface area contributed by atoms with Gasteiger partial charge in [-0.1, -0.05) is 18.6 Å². The highest BCUT2D eigenvalue weighted by molar-refractivity contribution is 5.96. The fraction of sp³-hybridized carbons (Fsp3) is 0.533. The summed E-state index contributed by atoms with van der Waals surface area (Å²) in [5.41, 5.74) is -0.364. The summed E-state index contributed by atoms with van der Waals surface area (Å²) in [6, 6.07) is 4.82. The van der Waals surface area contributed by atoms with Crippen LogP contribution in [0, 0.1) is 0 Å². The fourth-order valence-corrected chi connectivity index (χ4v) is 2.47. The lowest BCUT2D eigenvalue weighted by molar-refractivity contribution is -0.137. The molecule has 0 bridgehead atoms. The molecule has 1 unspecified atom stereocenters. The minimum Gasteiger partial charge on any atom is -0.314 e. The van der Waals surface area contributed by atoms with Crippen LogP contribution in [0.2, 0.25) is 0 Å². The normalized spacial score (nSPS) is 19.9. The third-order valence-corrected chi connectivity index (χ3v) is 3.67. The lowest BCUT2D eigenvalue weighted by atomic mass is 9.97. The van der Waals surface area contributed by atoms with Gasteiger partial charge in [0.15, 0.2) is 5.78 Å². The average molecular weight is 285 g/mol. The van der Waals surface area contributed by atoms with Gasteiger partial charge in [-0.3, -0.25) is 4.79 Å². The molecule has 20 heavy (non-hydrogen) atoms. The molecule has 1 saturated heterocycles. The number of halogens is 3. The Balaban J connectivity index is 1.89. The highest BCUT2D eigenvalue weighted by atomic mass is 19.4. The van der Waals surface area contributed by atoms with E-state index >= 15 is 0 Å². The molecular weight excluding hydrogens is 267 g/mol. The second kappa shape index (κ2) is 6.39. The largest absolute Gasteiger partial charge is 0.416 e. The van der Waals surface area contributed by atoms with Gasteiger partial charge in [0.05, 0.1) is 5.56 Å². The monoisotopic (exact) mass is 285 g/mol. The molecule has 0 aliphatic carbocycles. The molecule has 1 aliphatic rings. The lowest BCUT2D eigenvalue weighted by Crippen LogP contribution is -2.34. The number of nitrogens with one attached hydrogen (secondary N) is 1. The number of piperidine rings is 1. The summed E-state index contributed by atoms with van der Waals surface area (Å²) < 4.78 is 37.3. The number of hydrogen-bond donors (Lipinski definition) is 1. The van der Waals surface area contributed by atoms with E-state index in [1.807, 2.05) is 0 Å². The Morgan fingerprint density at radius 1 is 1.20 bits per heavy atom. The second-order valence-corrected chi connectivity index (χ2v) is 5.18. The Labute approximate surface area is 116 Å². The highest BCUT2D eigenvalue weighted by Crippen LogP contribution is 2.29. The van der Waals surface area contributed by atoms with Crippen molar-refractivity contribution in [1.29, 1.82) is 0 Å². The molecule has 5 heteroatoms. The molecule has 1 N–H and O–H groups in total. The number of carbonyl (C=O) groups is 1. The number of hydrogen-bond acceptors (Lipinski definition) is 2. The molecule has 0 radical (unpaired) electrons. The molecule has 1 atom stereocenters. The topological polar surface area (TPSA) is 29.1 Å². The predicted octanol–water partition coefficient (Wildman–Crippen LogP) is 3.81. The molecule has 1 aromatic rings. The van der Waals surface area contributed by atoms with E-state index in [0.29, 0.717) is 18.0 Å². The summed E-state index contributed by atoms with van der Waals surface area (Å²) in [6.45, 7) is 0.985. The third kappa shape index (κ3) is 4.07. The Bertz CT molecular complexity index is 447. The van der Waals surface area contributed by atoms with Crippen LogP contribution in [0.25, 0.3) is 0 Å². The Morgan fingerprint density at radius 2 is 1.90 bits per heavy atom. The van der Waals surface area contributed by atoms with Crippen molar-refractivity contribution in [2.75, 3.05) is 6.54 Å². The molecule has 1 heterocycles. The minimum absolute atomic E-state index is 0.0916. The summed E-state index contributed by atoms with van der Waals surface area (Å²) in [6.07, 6.45) is 0.187. The maximum atomic E-state index is 12.4. The van der Waals surface area contributed by atoms with Crippen molar-refractivity contribution in [2.45, 2.75) is 44.3 Å². The summed E-state index contributed by atoms with van der Waals surface area (Å²) in [7, 11) is 0. The van der Waals surface area contributed by atoms with E-state index in [9.17, 15) is 18.0 Å². The van der Waals surface area contributed by atoms with Gasteiger partial charge >= 0.3 is 6.18 Å². The van der Waals surface area contributed by atoms with Crippen LogP contribution in [0.15, 0.2) is 24.3 Å². The van der Waals surface area contributed by atoms with E-state index in [-0.39, 0.29) is 5.78 Å². The van der Waals surface area contributed by atoms with Crippen molar-refractivity contribution >= 4 is 5.78 Å². The van der Waals surface area contributed by atoms with Gasteiger partial charge in [-0.05, 0) is 37.9 Å². The SMILES string of the molecule is O=C(CCC1CCCCN1)c1ccc(C(F)(F)F)cc1.